The smallest absolute Gasteiger partial charge is 0.147 e. The van der Waals surface area contributed by atoms with Gasteiger partial charge < -0.3 is 5.73 Å². The average Bonchev–Trinajstić information content (AvgIpc) is 2.70. The first-order valence-electron chi connectivity index (χ1n) is 8.09. The quantitative estimate of drug-likeness (QED) is 0.902. The maximum atomic E-state index is 6.37. The van der Waals surface area contributed by atoms with Crippen LogP contribution in [0.15, 0.2) is 0 Å². The zero-order valence-corrected chi connectivity index (χ0v) is 12.9. The van der Waals surface area contributed by atoms with Crippen LogP contribution in [0.1, 0.15) is 64.0 Å². The van der Waals surface area contributed by atoms with E-state index in [1.165, 1.54) is 38.5 Å². The van der Waals surface area contributed by atoms with Crippen LogP contribution in [0, 0.1) is 24.7 Å². The van der Waals surface area contributed by atoms with Crippen LogP contribution in [0.5, 0.6) is 0 Å². The molecule has 4 fully saturated rings. The molecule has 0 spiro atoms. The summed E-state index contributed by atoms with van der Waals surface area (Å²) in [6, 6.07) is 0. The highest BCUT2D eigenvalue weighted by Crippen LogP contribution is 2.59. The zero-order chi connectivity index (χ0) is 14.1. The van der Waals surface area contributed by atoms with Crippen LogP contribution < -0.4 is 5.73 Å². The van der Waals surface area contributed by atoms with Crippen molar-refractivity contribution in [2.75, 3.05) is 0 Å². The lowest BCUT2D eigenvalue weighted by Gasteiger charge is -2.57. The minimum absolute atomic E-state index is 0.224. The first-order chi connectivity index (χ1) is 9.36. The van der Waals surface area contributed by atoms with Gasteiger partial charge in [-0.15, -0.1) is 0 Å². The molecule has 4 aliphatic rings. The van der Waals surface area contributed by atoms with E-state index in [4.69, 9.17) is 10.8 Å². The first-order valence-corrected chi connectivity index (χ1v) is 8.09. The van der Waals surface area contributed by atoms with Crippen LogP contribution in [-0.2, 0) is 11.1 Å². The van der Waals surface area contributed by atoms with Crippen molar-refractivity contribution in [3.05, 3.63) is 11.6 Å². The molecule has 4 nitrogen and oxygen atoms in total. The van der Waals surface area contributed by atoms with E-state index in [2.05, 4.69) is 9.67 Å². The van der Waals surface area contributed by atoms with E-state index in [0.29, 0.717) is 0 Å². The van der Waals surface area contributed by atoms with Gasteiger partial charge in [-0.25, -0.2) is 9.67 Å². The molecule has 0 saturated heterocycles. The summed E-state index contributed by atoms with van der Waals surface area (Å²) in [5.74, 6) is 4.60. The second-order valence-electron chi connectivity index (χ2n) is 8.26. The fourth-order valence-electron chi connectivity index (χ4n) is 5.49. The zero-order valence-electron chi connectivity index (χ0n) is 12.9. The Labute approximate surface area is 121 Å². The van der Waals surface area contributed by atoms with Crippen LogP contribution in [0.25, 0.3) is 0 Å². The normalized spacial score (nSPS) is 39.5. The van der Waals surface area contributed by atoms with Crippen molar-refractivity contribution in [1.82, 2.24) is 14.8 Å². The largest absolute Gasteiger partial charge is 0.319 e. The molecule has 4 heteroatoms. The Hall–Kier alpha value is -0.900. The third kappa shape index (κ3) is 1.77. The Bertz CT molecular complexity index is 502. The number of aromatic nitrogens is 3. The third-order valence-corrected chi connectivity index (χ3v) is 5.74. The molecule has 4 bridgehead atoms. The van der Waals surface area contributed by atoms with Crippen LogP contribution in [0.2, 0.25) is 0 Å². The Morgan fingerprint density at radius 1 is 1.10 bits per heavy atom. The Kier molecular flexibility index (Phi) is 2.46. The molecule has 1 aromatic rings. The molecule has 110 valence electrons. The fraction of sp³-hybridized carbons (Fsp3) is 0.875. The van der Waals surface area contributed by atoms with Gasteiger partial charge in [-0.2, -0.15) is 5.10 Å². The van der Waals surface area contributed by atoms with Gasteiger partial charge in [0, 0.05) is 0 Å². The molecule has 20 heavy (non-hydrogen) atoms. The summed E-state index contributed by atoms with van der Waals surface area (Å²) < 4.78 is 2.26. The number of nitrogens with two attached hydrogens (primary N) is 1. The molecule has 1 aromatic heterocycles. The van der Waals surface area contributed by atoms with Crippen LogP contribution >= 0.6 is 0 Å². The van der Waals surface area contributed by atoms with Crippen LogP contribution in [0.3, 0.4) is 0 Å². The molecule has 0 atom stereocenters. The number of hydrogen-bond acceptors (Lipinski definition) is 3. The Morgan fingerprint density at radius 3 is 2.05 bits per heavy atom. The van der Waals surface area contributed by atoms with E-state index in [0.717, 1.165) is 29.4 Å². The Morgan fingerprint density at radius 2 is 1.60 bits per heavy atom. The van der Waals surface area contributed by atoms with Crippen molar-refractivity contribution in [1.29, 1.82) is 0 Å². The van der Waals surface area contributed by atoms with Crippen LogP contribution in [-0.4, -0.2) is 14.8 Å². The number of nitrogens with zero attached hydrogens (tertiary/aromatic N) is 3. The molecule has 4 aliphatic carbocycles. The highest BCUT2D eigenvalue weighted by Gasteiger charge is 2.53. The number of hydrogen-bond donors (Lipinski definition) is 1. The van der Waals surface area contributed by atoms with Crippen molar-refractivity contribution in [2.45, 2.75) is 70.4 Å². The molecular weight excluding hydrogens is 248 g/mol. The van der Waals surface area contributed by atoms with E-state index >= 15 is 0 Å². The summed E-state index contributed by atoms with van der Waals surface area (Å²) in [5.41, 5.74) is 6.18. The second kappa shape index (κ2) is 3.85. The van der Waals surface area contributed by atoms with Crippen molar-refractivity contribution >= 4 is 0 Å². The first kappa shape index (κ1) is 12.8. The SMILES string of the molecule is Cc1nc(C(C)(C)N)n(C23CC4CC(CC(C4)C2)C3)n1. The lowest BCUT2D eigenvalue weighted by Crippen LogP contribution is -2.54. The minimum Gasteiger partial charge on any atom is -0.319 e. The van der Waals surface area contributed by atoms with Crippen molar-refractivity contribution in [3.63, 3.8) is 0 Å². The molecule has 0 unspecified atom stereocenters. The van der Waals surface area contributed by atoms with Crippen molar-refractivity contribution < 1.29 is 0 Å². The maximum Gasteiger partial charge on any atom is 0.147 e. The monoisotopic (exact) mass is 274 g/mol. The molecule has 4 saturated carbocycles. The van der Waals surface area contributed by atoms with Gasteiger partial charge in [0.05, 0.1) is 11.1 Å². The van der Waals surface area contributed by atoms with Crippen LogP contribution in [0.4, 0.5) is 0 Å². The summed E-state index contributed by atoms with van der Waals surface area (Å²) in [5, 5.41) is 4.79. The molecule has 5 rings (SSSR count). The molecule has 0 radical (unpaired) electrons. The fourth-order valence-corrected chi connectivity index (χ4v) is 5.49. The number of rotatable bonds is 2. The Balaban J connectivity index is 1.81. The topological polar surface area (TPSA) is 56.7 Å². The summed E-state index contributed by atoms with van der Waals surface area (Å²) >= 11 is 0. The summed E-state index contributed by atoms with van der Waals surface area (Å²) in [4.78, 5) is 4.67. The standard InChI is InChI=1S/C16H26N4/c1-10-18-14(15(2,3)17)20(19-10)16-7-11-4-12(8-16)6-13(5-11)9-16/h11-13H,4-9,17H2,1-3H3. The lowest BCUT2D eigenvalue weighted by molar-refractivity contribution is -0.0524. The predicted molar refractivity (Wildman–Crippen MR) is 78.1 cm³/mol. The van der Waals surface area contributed by atoms with E-state index < -0.39 is 5.54 Å². The van der Waals surface area contributed by atoms with Gasteiger partial charge in [0.25, 0.3) is 0 Å². The van der Waals surface area contributed by atoms with Gasteiger partial charge in [-0.1, -0.05) is 0 Å². The van der Waals surface area contributed by atoms with Gasteiger partial charge >= 0.3 is 0 Å². The second-order valence-corrected chi connectivity index (χ2v) is 8.26. The average molecular weight is 274 g/mol. The van der Waals surface area contributed by atoms with Gasteiger partial charge in [0.1, 0.15) is 11.6 Å². The third-order valence-electron chi connectivity index (χ3n) is 5.74. The minimum atomic E-state index is -0.412. The molecule has 0 aromatic carbocycles. The molecule has 0 amide bonds. The lowest BCUT2D eigenvalue weighted by atomic mass is 9.53. The molecular formula is C16H26N4. The van der Waals surface area contributed by atoms with E-state index in [-0.39, 0.29) is 5.54 Å². The molecule has 1 heterocycles. The van der Waals surface area contributed by atoms with Gasteiger partial charge in [0.2, 0.25) is 0 Å². The molecule has 0 aliphatic heterocycles. The van der Waals surface area contributed by atoms with E-state index in [1.807, 2.05) is 20.8 Å². The number of aryl methyl sites for hydroxylation is 1. The van der Waals surface area contributed by atoms with E-state index in [1.54, 1.807) is 0 Å². The predicted octanol–water partition coefficient (Wildman–Crippen LogP) is 2.71. The summed E-state index contributed by atoms with van der Waals surface area (Å²) in [6.45, 7) is 6.09. The highest BCUT2D eigenvalue weighted by atomic mass is 15.4. The summed E-state index contributed by atoms with van der Waals surface area (Å²) in [6.07, 6.45) is 8.25. The van der Waals surface area contributed by atoms with Gasteiger partial charge in [-0.05, 0) is 77.0 Å². The highest BCUT2D eigenvalue weighted by molar-refractivity contribution is 5.12. The van der Waals surface area contributed by atoms with Gasteiger partial charge in [-0.3, -0.25) is 0 Å². The van der Waals surface area contributed by atoms with Crippen molar-refractivity contribution in [3.8, 4) is 0 Å². The van der Waals surface area contributed by atoms with Crippen molar-refractivity contribution in [2.24, 2.45) is 23.5 Å². The van der Waals surface area contributed by atoms with Gasteiger partial charge in [0.15, 0.2) is 0 Å². The molecule has 2 N–H and O–H groups in total. The maximum absolute atomic E-state index is 6.37. The summed E-state index contributed by atoms with van der Waals surface area (Å²) in [7, 11) is 0. The van der Waals surface area contributed by atoms with E-state index in [9.17, 15) is 0 Å².